The molecule has 0 saturated heterocycles. The molecule has 1 heterocycles. The van der Waals surface area contributed by atoms with Gasteiger partial charge in [-0.15, -0.1) is 0 Å². The average molecular weight is 325 g/mol. The van der Waals surface area contributed by atoms with E-state index in [9.17, 15) is 4.79 Å². The third-order valence-electron chi connectivity index (χ3n) is 4.04. The van der Waals surface area contributed by atoms with Crippen LogP contribution in [-0.4, -0.2) is 32.1 Å². The molecule has 0 amide bonds. The molecule has 0 unspecified atom stereocenters. The summed E-state index contributed by atoms with van der Waals surface area (Å²) in [4.78, 5) is 16.0. The van der Waals surface area contributed by atoms with Gasteiger partial charge in [0.05, 0.1) is 26.8 Å². The maximum absolute atomic E-state index is 12.9. The lowest BCUT2D eigenvalue weighted by molar-refractivity contribution is 0.104. The zero-order valence-corrected chi connectivity index (χ0v) is 14.1. The summed E-state index contributed by atoms with van der Waals surface area (Å²) in [5.74, 6) is 1.45. The normalized spacial score (nSPS) is 10.7. The van der Waals surface area contributed by atoms with E-state index < -0.39 is 0 Å². The molecule has 0 aliphatic rings. The molecule has 0 fully saturated rings. The van der Waals surface area contributed by atoms with Crippen LogP contribution in [0.25, 0.3) is 10.9 Å². The van der Waals surface area contributed by atoms with Gasteiger partial charge in [0.2, 0.25) is 5.75 Å². The van der Waals surface area contributed by atoms with Gasteiger partial charge in [-0.1, -0.05) is 29.8 Å². The fourth-order valence-electron chi connectivity index (χ4n) is 2.78. The molecule has 5 heteroatoms. The molecule has 124 valence electrons. The smallest absolute Gasteiger partial charge is 0.205 e. The molecule has 0 aliphatic carbocycles. The van der Waals surface area contributed by atoms with Gasteiger partial charge in [-0.3, -0.25) is 4.79 Å². The van der Waals surface area contributed by atoms with Crippen molar-refractivity contribution in [2.75, 3.05) is 21.3 Å². The molecule has 0 radical (unpaired) electrons. The Morgan fingerprint density at radius 1 is 0.958 bits per heavy atom. The summed E-state index contributed by atoms with van der Waals surface area (Å²) in [6.45, 7) is 1.99. The van der Waals surface area contributed by atoms with Crippen molar-refractivity contribution in [2.24, 2.45) is 0 Å². The van der Waals surface area contributed by atoms with Crippen LogP contribution in [0.1, 0.15) is 21.5 Å². The number of rotatable bonds is 5. The quantitative estimate of drug-likeness (QED) is 0.726. The van der Waals surface area contributed by atoms with Crippen molar-refractivity contribution in [3.8, 4) is 17.2 Å². The van der Waals surface area contributed by atoms with Crippen LogP contribution in [0.4, 0.5) is 0 Å². The van der Waals surface area contributed by atoms with E-state index in [4.69, 9.17) is 14.2 Å². The Morgan fingerprint density at radius 3 is 2.21 bits per heavy atom. The molecule has 1 N–H and O–H groups in total. The van der Waals surface area contributed by atoms with Crippen LogP contribution in [-0.2, 0) is 0 Å². The molecule has 0 atom stereocenters. The number of nitrogens with one attached hydrogen (secondary N) is 1. The number of methoxy groups -OCH3 is 3. The highest BCUT2D eigenvalue weighted by atomic mass is 16.5. The highest BCUT2D eigenvalue weighted by Gasteiger charge is 2.22. The van der Waals surface area contributed by atoms with E-state index in [1.807, 2.05) is 31.2 Å². The zero-order chi connectivity index (χ0) is 17.3. The van der Waals surface area contributed by atoms with Crippen LogP contribution < -0.4 is 14.2 Å². The molecule has 3 aromatic rings. The third-order valence-corrected chi connectivity index (χ3v) is 4.04. The summed E-state index contributed by atoms with van der Waals surface area (Å²) < 4.78 is 16.2. The number of carbonyl (C=O) groups is 1. The predicted octanol–water partition coefficient (Wildman–Crippen LogP) is 3.73. The van der Waals surface area contributed by atoms with Crippen LogP contribution in [0.3, 0.4) is 0 Å². The van der Waals surface area contributed by atoms with Crippen molar-refractivity contribution in [2.45, 2.75) is 6.92 Å². The van der Waals surface area contributed by atoms with Crippen molar-refractivity contribution in [3.63, 3.8) is 0 Å². The second kappa shape index (κ2) is 6.28. The fraction of sp³-hybridized carbons (Fsp3) is 0.211. The predicted molar refractivity (Wildman–Crippen MR) is 92.6 cm³/mol. The Bertz CT molecular complexity index is 894. The molecule has 2 aromatic carbocycles. The number of ether oxygens (including phenoxy) is 3. The molecule has 3 rings (SSSR count). The van der Waals surface area contributed by atoms with Crippen LogP contribution in [0.2, 0.25) is 0 Å². The fourth-order valence-corrected chi connectivity index (χ4v) is 2.78. The molecule has 1 aromatic heterocycles. The zero-order valence-electron chi connectivity index (χ0n) is 14.1. The van der Waals surface area contributed by atoms with Crippen molar-refractivity contribution in [1.29, 1.82) is 0 Å². The lowest BCUT2D eigenvalue weighted by atomic mass is 10.0. The minimum absolute atomic E-state index is 0.0597. The first-order chi connectivity index (χ1) is 11.6. The van der Waals surface area contributed by atoms with E-state index >= 15 is 0 Å². The second-order valence-electron chi connectivity index (χ2n) is 5.47. The van der Waals surface area contributed by atoms with Gasteiger partial charge in [-0.25, -0.2) is 0 Å². The molecular weight excluding hydrogens is 306 g/mol. The second-order valence-corrected chi connectivity index (χ2v) is 5.47. The van der Waals surface area contributed by atoms with Crippen molar-refractivity contribution < 1.29 is 19.0 Å². The Balaban J connectivity index is 2.20. The molecule has 5 nitrogen and oxygen atoms in total. The highest BCUT2D eigenvalue weighted by molar-refractivity contribution is 6.17. The Hall–Kier alpha value is -2.95. The van der Waals surface area contributed by atoms with Gasteiger partial charge in [0.15, 0.2) is 17.3 Å². The van der Waals surface area contributed by atoms with E-state index in [0.29, 0.717) is 33.9 Å². The number of hydrogen-bond donors (Lipinski definition) is 1. The van der Waals surface area contributed by atoms with E-state index in [1.54, 1.807) is 33.6 Å². The van der Waals surface area contributed by atoms with E-state index in [1.165, 1.54) is 0 Å². The summed E-state index contributed by atoms with van der Waals surface area (Å²) in [5, 5.41) is 0.732. The van der Waals surface area contributed by atoms with Crippen LogP contribution in [0, 0.1) is 6.92 Å². The van der Waals surface area contributed by atoms with Gasteiger partial charge in [-0.2, -0.15) is 0 Å². The summed E-state index contributed by atoms with van der Waals surface area (Å²) >= 11 is 0. The average Bonchev–Trinajstić information content (AvgIpc) is 3.03. The number of aryl methyl sites for hydroxylation is 1. The van der Waals surface area contributed by atoms with Crippen molar-refractivity contribution in [3.05, 3.63) is 53.2 Å². The first-order valence-electron chi connectivity index (χ1n) is 7.52. The summed E-state index contributed by atoms with van der Waals surface area (Å²) in [6, 6.07) is 9.29. The Kier molecular flexibility index (Phi) is 4.16. The standard InChI is InChI=1S/C19H19NO4/c1-11-5-7-12(8-6-11)17(21)14-10-20-16-13(14)9-15(22-2)18(23-3)19(16)24-4/h5-10,20H,1-4H3. The lowest BCUT2D eigenvalue weighted by Gasteiger charge is -2.13. The monoisotopic (exact) mass is 325 g/mol. The summed E-state index contributed by atoms with van der Waals surface area (Å²) in [5.41, 5.74) is 3.01. The SMILES string of the molecule is COc1cc2c(C(=O)c3ccc(C)cc3)c[nH]c2c(OC)c1OC. The topological polar surface area (TPSA) is 60.6 Å². The van der Waals surface area contributed by atoms with Crippen LogP contribution >= 0.6 is 0 Å². The van der Waals surface area contributed by atoms with E-state index in [0.717, 1.165) is 10.9 Å². The maximum atomic E-state index is 12.9. The van der Waals surface area contributed by atoms with Crippen LogP contribution in [0.15, 0.2) is 36.5 Å². The van der Waals surface area contributed by atoms with Crippen molar-refractivity contribution >= 4 is 16.7 Å². The minimum atomic E-state index is -0.0597. The largest absolute Gasteiger partial charge is 0.493 e. The summed E-state index contributed by atoms with van der Waals surface area (Å²) in [6.07, 6.45) is 1.69. The summed E-state index contributed by atoms with van der Waals surface area (Å²) in [7, 11) is 4.66. The molecule has 0 aliphatic heterocycles. The molecule has 0 spiro atoms. The Labute approximate surface area is 140 Å². The van der Waals surface area contributed by atoms with E-state index in [2.05, 4.69) is 4.98 Å². The number of carbonyl (C=O) groups excluding carboxylic acids is 1. The number of fused-ring (bicyclic) bond motifs is 1. The first kappa shape index (κ1) is 15.9. The number of ketones is 1. The molecule has 0 bridgehead atoms. The highest BCUT2D eigenvalue weighted by Crippen LogP contribution is 2.44. The van der Waals surface area contributed by atoms with Gasteiger partial charge in [0.25, 0.3) is 0 Å². The lowest BCUT2D eigenvalue weighted by Crippen LogP contribution is -2.01. The van der Waals surface area contributed by atoms with Crippen molar-refractivity contribution in [1.82, 2.24) is 4.98 Å². The molecule has 24 heavy (non-hydrogen) atoms. The van der Waals surface area contributed by atoms with Gasteiger partial charge in [-0.05, 0) is 13.0 Å². The van der Waals surface area contributed by atoms with Gasteiger partial charge in [0.1, 0.15) is 0 Å². The van der Waals surface area contributed by atoms with Gasteiger partial charge < -0.3 is 19.2 Å². The Morgan fingerprint density at radius 2 is 1.62 bits per heavy atom. The number of hydrogen-bond acceptors (Lipinski definition) is 4. The number of aromatic nitrogens is 1. The third kappa shape index (κ3) is 2.48. The maximum Gasteiger partial charge on any atom is 0.205 e. The molecule has 0 saturated carbocycles. The number of aromatic amines is 1. The molecular formula is C19H19NO4. The minimum Gasteiger partial charge on any atom is -0.493 e. The van der Waals surface area contributed by atoms with Gasteiger partial charge in [0, 0.05) is 22.7 Å². The van der Waals surface area contributed by atoms with Gasteiger partial charge >= 0.3 is 0 Å². The number of H-pyrrole nitrogens is 1. The van der Waals surface area contributed by atoms with Crippen LogP contribution in [0.5, 0.6) is 17.2 Å². The number of benzene rings is 2. The van der Waals surface area contributed by atoms with E-state index in [-0.39, 0.29) is 5.78 Å². The first-order valence-corrected chi connectivity index (χ1v) is 7.52.